The molecule has 0 spiro atoms. The number of nitrogens with zero attached hydrogens (tertiary/aromatic N) is 2. The molecule has 1 aliphatic heterocycles. The van der Waals surface area contributed by atoms with Crippen LogP contribution in [0, 0.1) is 0 Å². The fourth-order valence-corrected chi connectivity index (χ4v) is 3.73. The molecule has 0 saturated carbocycles. The number of esters is 1. The van der Waals surface area contributed by atoms with Gasteiger partial charge in [-0.25, -0.2) is 9.78 Å². The molecule has 1 saturated heterocycles. The number of rotatable bonds is 5. The van der Waals surface area contributed by atoms with E-state index in [1.54, 1.807) is 0 Å². The second-order valence-corrected chi connectivity index (χ2v) is 7.45. The summed E-state index contributed by atoms with van der Waals surface area (Å²) in [6.07, 6.45) is -3.30. The lowest BCUT2D eigenvalue weighted by molar-refractivity contribution is -0.137. The minimum Gasteiger partial charge on any atom is -0.472 e. The Morgan fingerprint density at radius 2 is 1.84 bits per heavy atom. The Bertz CT molecular complexity index is 1090. The fraction of sp³-hybridized carbons (Fsp3) is 0.250. The summed E-state index contributed by atoms with van der Waals surface area (Å²) in [5.74, 6) is -0.302. The highest BCUT2D eigenvalue weighted by Gasteiger charge is 2.31. The summed E-state index contributed by atoms with van der Waals surface area (Å²) in [7, 11) is 1.34. The molecule has 1 atom stereocenters. The van der Waals surface area contributed by atoms with Crippen molar-refractivity contribution in [1.29, 1.82) is 0 Å². The van der Waals surface area contributed by atoms with Gasteiger partial charge in [-0.1, -0.05) is 36.4 Å². The highest BCUT2D eigenvalue weighted by Crippen LogP contribution is 2.32. The van der Waals surface area contributed by atoms with Crippen molar-refractivity contribution < 1.29 is 27.4 Å². The Morgan fingerprint density at radius 1 is 1.06 bits per heavy atom. The van der Waals surface area contributed by atoms with Gasteiger partial charge in [-0.15, -0.1) is 0 Å². The first-order valence-electron chi connectivity index (χ1n) is 10.1. The molecule has 0 radical (unpaired) electrons. The van der Waals surface area contributed by atoms with Crippen LogP contribution in [0.15, 0.2) is 66.9 Å². The molecule has 0 aliphatic carbocycles. The molecular weight excluding hydrogens is 421 g/mol. The molecule has 166 valence electrons. The first-order valence-corrected chi connectivity index (χ1v) is 10.1. The molecule has 4 rings (SSSR count). The number of alkyl halides is 3. The minimum absolute atomic E-state index is 0.137. The third kappa shape index (κ3) is 4.69. The molecule has 2 heterocycles. The molecule has 0 unspecified atom stereocenters. The smallest absolute Gasteiger partial charge is 0.417 e. The molecule has 1 aliphatic rings. The SMILES string of the molecule is COC(=O)c1cc(-c2ccccc2)ccc1N1CC[C@H](Oc2ccc(C(F)(F)F)cn2)C1. The van der Waals surface area contributed by atoms with Crippen LogP contribution in [0.4, 0.5) is 18.9 Å². The summed E-state index contributed by atoms with van der Waals surface area (Å²) in [6, 6.07) is 17.5. The molecule has 32 heavy (non-hydrogen) atoms. The Kier molecular flexibility index (Phi) is 6.03. The molecule has 1 aromatic heterocycles. The van der Waals surface area contributed by atoms with Crippen LogP contribution < -0.4 is 9.64 Å². The lowest BCUT2D eigenvalue weighted by Gasteiger charge is -2.22. The van der Waals surface area contributed by atoms with Gasteiger partial charge in [0.15, 0.2) is 0 Å². The Hall–Kier alpha value is -3.55. The second-order valence-electron chi connectivity index (χ2n) is 7.45. The topological polar surface area (TPSA) is 51.7 Å². The number of carbonyl (C=O) groups is 1. The number of pyridine rings is 1. The lowest BCUT2D eigenvalue weighted by atomic mass is 10.0. The lowest BCUT2D eigenvalue weighted by Crippen LogP contribution is -2.26. The average molecular weight is 442 g/mol. The zero-order valence-corrected chi connectivity index (χ0v) is 17.3. The van der Waals surface area contributed by atoms with Crippen LogP contribution in [0.3, 0.4) is 0 Å². The van der Waals surface area contributed by atoms with Crippen LogP contribution in [-0.4, -0.2) is 37.3 Å². The van der Waals surface area contributed by atoms with Gasteiger partial charge in [-0.2, -0.15) is 13.2 Å². The van der Waals surface area contributed by atoms with Crippen molar-refractivity contribution in [2.45, 2.75) is 18.7 Å². The molecular formula is C24H21F3N2O3. The van der Waals surface area contributed by atoms with Gasteiger partial charge in [-0.3, -0.25) is 0 Å². The number of hydrogen-bond acceptors (Lipinski definition) is 5. The van der Waals surface area contributed by atoms with E-state index in [9.17, 15) is 18.0 Å². The van der Waals surface area contributed by atoms with Crippen molar-refractivity contribution in [2.75, 3.05) is 25.1 Å². The van der Waals surface area contributed by atoms with Crippen LogP contribution in [0.25, 0.3) is 11.1 Å². The highest BCUT2D eigenvalue weighted by molar-refractivity contribution is 5.97. The molecule has 0 amide bonds. The fourth-order valence-electron chi connectivity index (χ4n) is 3.73. The minimum atomic E-state index is -4.44. The largest absolute Gasteiger partial charge is 0.472 e. The predicted octanol–water partition coefficient (Wildman–Crippen LogP) is 5.21. The van der Waals surface area contributed by atoms with Crippen LogP contribution in [0.1, 0.15) is 22.3 Å². The standard InChI is InChI=1S/C24H21F3N2O3/c1-31-23(30)20-13-17(16-5-3-2-4-6-16)7-9-21(20)29-12-11-19(15-29)32-22-10-8-18(14-28-22)24(25,26)27/h2-10,13-14,19H,11-12,15H2,1H3/t19-/m0/s1. The highest BCUT2D eigenvalue weighted by atomic mass is 19.4. The number of benzene rings is 2. The van der Waals surface area contributed by atoms with Gasteiger partial charge in [0.1, 0.15) is 6.10 Å². The van der Waals surface area contributed by atoms with E-state index in [1.807, 2.05) is 53.4 Å². The number of anilines is 1. The number of halogens is 3. The maximum Gasteiger partial charge on any atom is 0.417 e. The summed E-state index contributed by atoms with van der Waals surface area (Å²) in [6.45, 7) is 1.09. The van der Waals surface area contributed by atoms with E-state index in [1.165, 1.54) is 13.2 Å². The summed E-state index contributed by atoms with van der Waals surface area (Å²) in [5.41, 5.74) is 2.24. The maximum atomic E-state index is 12.7. The predicted molar refractivity (Wildman–Crippen MR) is 114 cm³/mol. The zero-order chi connectivity index (χ0) is 22.7. The molecule has 2 aromatic carbocycles. The summed E-state index contributed by atoms with van der Waals surface area (Å²) in [4.78, 5) is 18.3. The molecule has 0 bridgehead atoms. The second kappa shape index (κ2) is 8.90. The van der Waals surface area contributed by atoms with Crippen molar-refractivity contribution in [1.82, 2.24) is 4.98 Å². The molecule has 5 nitrogen and oxygen atoms in total. The third-order valence-electron chi connectivity index (χ3n) is 5.35. The van der Waals surface area contributed by atoms with E-state index >= 15 is 0 Å². The van der Waals surface area contributed by atoms with Gasteiger partial charge >= 0.3 is 12.1 Å². The van der Waals surface area contributed by atoms with Gasteiger partial charge < -0.3 is 14.4 Å². The quantitative estimate of drug-likeness (QED) is 0.508. The first kappa shape index (κ1) is 21.7. The summed E-state index contributed by atoms with van der Waals surface area (Å²) < 4.78 is 48.9. The van der Waals surface area contributed by atoms with Crippen molar-refractivity contribution in [2.24, 2.45) is 0 Å². The van der Waals surface area contributed by atoms with Gasteiger partial charge in [0.05, 0.1) is 30.5 Å². The molecule has 8 heteroatoms. The van der Waals surface area contributed by atoms with E-state index in [0.29, 0.717) is 25.1 Å². The van der Waals surface area contributed by atoms with Crippen molar-refractivity contribution in [3.63, 3.8) is 0 Å². The van der Waals surface area contributed by atoms with E-state index in [4.69, 9.17) is 9.47 Å². The molecule has 0 N–H and O–H groups in total. The van der Waals surface area contributed by atoms with Crippen LogP contribution in [0.5, 0.6) is 5.88 Å². The summed E-state index contributed by atoms with van der Waals surface area (Å²) in [5, 5.41) is 0. The van der Waals surface area contributed by atoms with Crippen LogP contribution >= 0.6 is 0 Å². The Labute approximate surface area is 183 Å². The van der Waals surface area contributed by atoms with Gasteiger partial charge in [0, 0.05) is 25.2 Å². The van der Waals surface area contributed by atoms with E-state index in [0.717, 1.165) is 29.1 Å². The first-order chi connectivity index (χ1) is 15.3. The third-order valence-corrected chi connectivity index (χ3v) is 5.35. The number of aromatic nitrogens is 1. The zero-order valence-electron chi connectivity index (χ0n) is 17.3. The van der Waals surface area contributed by atoms with Gasteiger partial charge in [0.25, 0.3) is 0 Å². The molecule has 1 fully saturated rings. The van der Waals surface area contributed by atoms with Crippen LogP contribution in [-0.2, 0) is 10.9 Å². The number of methoxy groups -OCH3 is 1. The van der Waals surface area contributed by atoms with Gasteiger partial charge in [0.2, 0.25) is 5.88 Å². The Balaban J connectivity index is 1.51. The Morgan fingerprint density at radius 3 is 2.50 bits per heavy atom. The number of hydrogen-bond donors (Lipinski definition) is 0. The monoisotopic (exact) mass is 442 g/mol. The van der Waals surface area contributed by atoms with Crippen LogP contribution in [0.2, 0.25) is 0 Å². The average Bonchev–Trinajstić information content (AvgIpc) is 3.26. The van der Waals surface area contributed by atoms with E-state index in [-0.39, 0.29) is 12.0 Å². The van der Waals surface area contributed by atoms with E-state index < -0.39 is 17.7 Å². The van der Waals surface area contributed by atoms with Crippen molar-refractivity contribution in [3.8, 4) is 17.0 Å². The van der Waals surface area contributed by atoms with E-state index in [2.05, 4.69) is 4.98 Å². The van der Waals surface area contributed by atoms with Crippen molar-refractivity contribution in [3.05, 3.63) is 78.0 Å². The normalized spacial score (nSPS) is 16.1. The van der Waals surface area contributed by atoms with Gasteiger partial charge in [-0.05, 0) is 29.3 Å². The van der Waals surface area contributed by atoms with Crippen molar-refractivity contribution >= 4 is 11.7 Å². The number of ether oxygens (including phenoxy) is 2. The number of carbonyl (C=O) groups excluding carboxylic acids is 1. The molecule has 3 aromatic rings. The summed E-state index contributed by atoms with van der Waals surface area (Å²) >= 11 is 0. The maximum absolute atomic E-state index is 12.7.